The minimum absolute atomic E-state index is 0.170. The highest BCUT2D eigenvalue weighted by atomic mass is 32.1. The largest absolute Gasteiger partial charge is 0.466 e. The summed E-state index contributed by atoms with van der Waals surface area (Å²) in [7, 11) is 0. The second kappa shape index (κ2) is 7.68. The third kappa shape index (κ3) is 4.54. The quantitative estimate of drug-likeness (QED) is 0.841. The highest BCUT2D eigenvalue weighted by molar-refractivity contribution is 7.13. The van der Waals surface area contributed by atoms with Crippen LogP contribution in [0.25, 0.3) is 0 Å². The van der Waals surface area contributed by atoms with E-state index in [0.29, 0.717) is 11.2 Å². The summed E-state index contributed by atoms with van der Waals surface area (Å²) < 4.78 is 31.5. The van der Waals surface area contributed by atoms with Crippen LogP contribution < -0.4 is 10.5 Å². The zero-order valence-electron chi connectivity index (χ0n) is 15.3. The molecule has 1 aromatic heterocycles. The maximum Gasteiger partial charge on any atom is 0.273 e. The molecule has 0 unspecified atom stereocenters. The summed E-state index contributed by atoms with van der Waals surface area (Å²) >= 11 is 1.56. The first-order valence-corrected chi connectivity index (χ1v) is 10.8. The molecule has 0 aromatic carbocycles. The van der Waals surface area contributed by atoms with Gasteiger partial charge in [-0.25, -0.2) is 13.8 Å². The average Bonchev–Trinajstić information content (AvgIpc) is 2.86. The Labute approximate surface area is 158 Å². The van der Waals surface area contributed by atoms with E-state index < -0.39 is 5.92 Å². The van der Waals surface area contributed by atoms with Crippen molar-refractivity contribution >= 4 is 11.3 Å². The van der Waals surface area contributed by atoms with Gasteiger partial charge in [-0.2, -0.15) is 0 Å². The Hall–Kier alpha value is -0.790. The number of hydrogen-bond acceptors (Lipinski definition) is 5. The molecule has 2 fully saturated rings. The molecule has 146 valence electrons. The predicted molar refractivity (Wildman–Crippen MR) is 99.1 cm³/mol. The number of alkyl halides is 2. The minimum atomic E-state index is -2.54. The molecule has 1 aliphatic heterocycles. The molecular weight excluding hydrogens is 356 g/mol. The van der Waals surface area contributed by atoms with Crippen LogP contribution in [0, 0.1) is 5.92 Å². The second-order valence-electron chi connectivity index (χ2n) is 8.26. The topological polar surface area (TPSA) is 51.4 Å². The third-order valence-corrected chi connectivity index (χ3v) is 7.19. The van der Waals surface area contributed by atoms with Crippen molar-refractivity contribution in [2.75, 3.05) is 19.6 Å². The molecule has 2 saturated carbocycles. The molecule has 0 atom stereocenters. The van der Waals surface area contributed by atoms with E-state index in [1.165, 1.54) is 37.0 Å². The van der Waals surface area contributed by atoms with Gasteiger partial charge in [-0.1, -0.05) is 11.3 Å². The van der Waals surface area contributed by atoms with Gasteiger partial charge in [0.15, 0.2) is 0 Å². The van der Waals surface area contributed by atoms with Crippen molar-refractivity contribution in [2.45, 2.75) is 75.9 Å². The lowest BCUT2D eigenvalue weighted by atomic mass is 9.84. The first kappa shape index (κ1) is 18.6. The fourth-order valence-electron chi connectivity index (χ4n) is 4.33. The number of nitrogens with two attached hydrogens (primary N) is 1. The van der Waals surface area contributed by atoms with E-state index in [1.807, 2.05) is 0 Å². The average molecular weight is 386 g/mol. The van der Waals surface area contributed by atoms with Gasteiger partial charge in [-0.3, -0.25) is 0 Å². The summed E-state index contributed by atoms with van der Waals surface area (Å²) in [5, 5.41) is 0.586. The molecular formula is C19H29F2N3OS. The van der Waals surface area contributed by atoms with Crippen molar-refractivity contribution in [3.8, 4) is 5.19 Å². The highest BCUT2D eigenvalue weighted by Crippen LogP contribution is 2.41. The normalized spacial score (nSPS) is 29.7. The number of thiazole rings is 1. The molecule has 2 N–H and O–H groups in total. The van der Waals surface area contributed by atoms with Crippen LogP contribution in [-0.2, 0) is 12.8 Å². The fourth-order valence-corrected chi connectivity index (χ4v) is 5.34. The lowest BCUT2D eigenvalue weighted by Crippen LogP contribution is -2.43. The standard InChI is InChI=1S/C19H29F2N3OS/c20-19(21)11-15(12-19)25-18-23-16-6-9-24(10-7-17(16)26-18)8-5-13-1-3-14(22)4-2-13/h13-15H,1-12,22H2. The highest BCUT2D eigenvalue weighted by Gasteiger charge is 2.47. The SMILES string of the molecule is NC1CCC(CCN2CCc3nc(OC4CC(F)(F)C4)sc3CC2)CC1. The van der Waals surface area contributed by atoms with Gasteiger partial charge < -0.3 is 15.4 Å². The molecule has 3 aliphatic rings. The summed E-state index contributed by atoms with van der Waals surface area (Å²) in [6, 6.07) is 0.425. The Balaban J connectivity index is 1.23. The van der Waals surface area contributed by atoms with Gasteiger partial charge in [0.25, 0.3) is 11.1 Å². The van der Waals surface area contributed by atoms with Crippen LogP contribution in [0.2, 0.25) is 0 Å². The molecule has 0 spiro atoms. The number of hydrogen-bond donors (Lipinski definition) is 1. The van der Waals surface area contributed by atoms with Crippen LogP contribution in [0.5, 0.6) is 5.19 Å². The van der Waals surface area contributed by atoms with E-state index in [1.54, 1.807) is 11.3 Å². The number of aromatic nitrogens is 1. The Kier molecular flexibility index (Phi) is 5.48. The van der Waals surface area contributed by atoms with Gasteiger partial charge >= 0.3 is 0 Å². The molecule has 2 heterocycles. The van der Waals surface area contributed by atoms with Crippen molar-refractivity contribution in [3.05, 3.63) is 10.6 Å². The van der Waals surface area contributed by atoms with Gasteiger partial charge in [0, 0.05) is 43.3 Å². The Morgan fingerprint density at radius 2 is 1.88 bits per heavy atom. The van der Waals surface area contributed by atoms with Crippen molar-refractivity contribution in [3.63, 3.8) is 0 Å². The minimum Gasteiger partial charge on any atom is -0.466 e. The maximum absolute atomic E-state index is 12.9. The Bertz CT molecular complexity index is 582. The third-order valence-electron chi connectivity index (χ3n) is 6.14. The van der Waals surface area contributed by atoms with Gasteiger partial charge in [0.1, 0.15) is 6.10 Å². The van der Waals surface area contributed by atoms with E-state index in [4.69, 9.17) is 10.5 Å². The van der Waals surface area contributed by atoms with Gasteiger partial charge in [0.05, 0.1) is 5.69 Å². The summed E-state index contributed by atoms with van der Waals surface area (Å²) in [4.78, 5) is 8.41. The van der Waals surface area contributed by atoms with Crippen LogP contribution in [0.1, 0.15) is 55.5 Å². The van der Waals surface area contributed by atoms with Crippen molar-refractivity contribution < 1.29 is 13.5 Å². The molecule has 4 rings (SSSR count). The smallest absolute Gasteiger partial charge is 0.273 e. The van der Waals surface area contributed by atoms with E-state index in [2.05, 4.69) is 9.88 Å². The number of ether oxygens (including phenoxy) is 1. The predicted octanol–water partition coefficient (Wildman–Crippen LogP) is 3.63. The van der Waals surface area contributed by atoms with Crippen molar-refractivity contribution in [1.29, 1.82) is 0 Å². The van der Waals surface area contributed by atoms with E-state index in [-0.39, 0.29) is 18.9 Å². The van der Waals surface area contributed by atoms with Crippen LogP contribution in [-0.4, -0.2) is 47.6 Å². The van der Waals surface area contributed by atoms with Crippen LogP contribution >= 0.6 is 11.3 Å². The molecule has 7 heteroatoms. The van der Waals surface area contributed by atoms with Crippen molar-refractivity contribution in [1.82, 2.24) is 9.88 Å². The Morgan fingerprint density at radius 1 is 1.15 bits per heavy atom. The fraction of sp³-hybridized carbons (Fsp3) is 0.842. The number of halogens is 2. The van der Waals surface area contributed by atoms with Crippen LogP contribution in [0.3, 0.4) is 0 Å². The molecule has 0 amide bonds. The second-order valence-corrected chi connectivity index (χ2v) is 9.31. The van der Waals surface area contributed by atoms with Gasteiger partial charge in [-0.15, -0.1) is 0 Å². The van der Waals surface area contributed by atoms with Gasteiger partial charge in [-0.05, 0) is 51.0 Å². The first-order chi connectivity index (χ1) is 12.5. The number of rotatable bonds is 5. The lowest BCUT2D eigenvalue weighted by Gasteiger charge is -2.33. The summed E-state index contributed by atoms with van der Waals surface area (Å²) in [5.41, 5.74) is 7.11. The van der Waals surface area contributed by atoms with Crippen molar-refractivity contribution in [2.24, 2.45) is 11.7 Å². The van der Waals surface area contributed by atoms with E-state index >= 15 is 0 Å². The number of fused-ring (bicyclic) bond motifs is 1. The lowest BCUT2D eigenvalue weighted by molar-refractivity contribution is -0.134. The van der Waals surface area contributed by atoms with E-state index in [0.717, 1.165) is 44.1 Å². The molecule has 1 aromatic rings. The number of nitrogens with zero attached hydrogens (tertiary/aromatic N) is 2. The molecule has 4 nitrogen and oxygen atoms in total. The molecule has 0 radical (unpaired) electrons. The maximum atomic E-state index is 12.9. The zero-order valence-corrected chi connectivity index (χ0v) is 16.1. The Morgan fingerprint density at radius 3 is 2.62 bits per heavy atom. The van der Waals surface area contributed by atoms with E-state index in [9.17, 15) is 8.78 Å². The molecule has 0 saturated heterocycles. The first-order valence-electron chi connectivity index (χ1n) is 9.98. The van der Waals surface area contributed by atoms with Crippen LogP contribution in [0.4, 0.5) is 8.78 Å². The van der Waals surface area contributed by atoms with Crippen LogP contribution in [0.15, 0.2) is 0 Å². The molecule has 0 bridgehead atoms. The summed E-state index contributed by atoms with van der Waals surface area (Å²) in [6.45, 7) is 3.25. The monoisotopic (exact) mass is 385 g/mol. The molecule has 2 aliphatic carbocycles. The molecule has 26 heavy (non-hydrogen) atoms. The summed E-state index contributed by atoms with van der Waals surface area (Å²) in [5.74, 6) is -1.70. The van der Waals surface area contributed by atoms with Gasteiger partial charge in [0.2, 0.25) is 0 Å². The zero-order chi connectivity index (χ0) is 18.1. The summed E-state index contributed by atoms with van der Waals surface area (Å²) in [6.07, 6.45) is 7.43.